The van der Waals surface area contributed by atoms with E-state index in [1.54, 1.807) is 0 Å². The molecule has 0 aliphatic rings. The average Bonchev–Trinajstić information content (AvgIpc) is 2.77. The standard InChI is InChI=1S/C26H51NO10/c1-25(2,3)36-23(28)7-11-30-15-17-32-13-9-27-10-14-33-18-20-35-22-21-34-19-16-31-12-8-24(29)37-26(4,5)6/h27H,7-22H2,1-6H3. The summed E-state index contributed by atoms with van der Waals surface area (Å²) in [6.45, 7) is 18.1. The highest BCUT2D eigenvalue weighted by molar-refractivity contribution is 5.70. The number of nitrogens with one attached hydrogen (secondary N) is 1. The Labute approximate surface area is 223 Å². The summed E-state index contributed by atoms with van der Waals surface area (Å²) in [5.74, 6) is -0.520. The van der Waals surface area contributed by atoms with E-state index in [0.29, 0.717) is 79.3 Å². The molecule has 0 amide bonds. The maximum absolute atomic E-state index is 11.5. The lowest BCUT2D eigenvalue weighted by Gasteiger charge is -2.19. The third-order valence-electron chi connectivity index (χ3n) is 4.08. The van der Waals surface area contributed by atoms with Gasteiger partial charge in [0.1, 0.15) is 11.2 Å². The van der Waals surface area contributed by atoms with Crippen LogP contribution in [0.5, 0.6) is 0 Å². The second kappa shape index (κ2) is 22.6. The maximum Gasteiger partial charge on any atom is 0.308 e. The predicted molar refractivity (Wildman–Crippen MR) is 139 cm³/mol. The van der Waals surface area contributed by atoms with Crippen LogP contribution in [-0.2, 0) is 47.5 Å². The Morgan fingerprint density at radius 2 is 0.730 bits per heavy atom. The van der Waals surface area contributed by atoms with Gasteiger partial charge in [0.2, 0.25) is 0 Å². The van der Waals surface area contributed by atoms with Crippen molar-refractivity contribution in [2.45, 2.75) is 65.6 Å². The SMILES string of the molecule is CC(C)(C)OC(=O)CCOCCOCCNCCOCCOCCOCCOCCC(=O)OC(C)(C)C. The van der Waals surface area contributed by atoms with Crippen molar-refractivity contribution in [2.24, 2.45) is 0 Å². The summed E-state index contributed by atoms with van der Waals surface area (Å²) >= 11 is 0. The Morgan fingerprint density at radius 3 is 1.03 bits per heavy atom. The minimum atomic E-state index is -0.470. The molecule has 0 radical (unpaired) electrons. The molecule has 0 unspecified atom stereocenters. The summed E-state index contributed by atoms with van der Waals surface area (Å²) in [5, 5.41) is 3.23. The fraction of sp³-hybridized carbons (Fsp3) is 0.923. The summed E-state index contributed by atoms with van der Waals surface area (Å²) in [6, 6.07) is 0. The van der Waals surface area contributed by atoms with Gasteiger partial charge >= 0.3 is 11.9 Å². The number of hydrogen-bond acceptors (Lipinski definition) is 11. The molecule has 11 heteroatoms. The zero-order valence-corrected chi connectivity index (χ0v) is 23.9. The van der Waals surface area contributed by atoms with Gasteiger partial charge in [-0.15, -0.1) is 0 Å². The maximum atomic E-state index is 11.5. The molecule has 0 spiro atoms. The molecule has 0 saturated heterocycles. The van der Waals surface area contributed by atoms with Crippen molar-refractivity contribution in [3.8, 4) is 0 Å². The molecule has 220 valence electrons. The van der Waals surface area contributed by atoms with Crippen LogP contribution >= 0.6 is 0 Å². The van der Waals surface area contributed by atoms with Gasteiger partial charge in [-0.25, -0.2) is 0 Å². The molecular formula is C26H51NO10. The number of hydrogen-bond donors (Lipinski definition) is 1. The molecule has 0 fully saturated rings. The zero-order valence-electron chi connectivity index (χ0n) is 23.9. The summed E-state index contributed by atoms with van der Waals surface area (Å²) in [5.41, 5.74) is -0.935. The largest absolute Gasteiger partial charge is 0.460 e. The summed E-state index contributed by atoms with van der Waals surface area (Å²) in [7, 11) is 0. The number of carbonyl (C=O) groups excluding carboxylic acids is 2. The first kappa shape index (κ1) is 35.7. The van der Waals surface area contributed by atoms with E-state index in [4.69, 9.17) is 37.9 Å². The molecule has 0 heterocycles. The van der Waals surface area contributed by atoms with Gasteiger partial charge in [-0.2, -0.15) is 0 Å². The molecular weight excluding hydrogens is 486 g/mol. The molecule has 0 aromatic heterocycles. The van der Waals surface area contributed by atoms with E-state index in [0.717, 1.165) is 13.1 Å². The second-order valence-corrected chi connectivity index (χ2v) is 10.1. The Bertz CT molecular complexity index is 513. The highest BCUT2D eigenvalue weighted by Gasteiger charge is 2.16. The van der Waals surface area contributed by atoms with Crippen molar-refractivity contribution in [3.05, 3.63) is 0 Å². The minimum Gasteiger partial charge on any atom is -0.460 e. The van der Waals surface area contributed by atoms with Crippen LogP contribution < -0.4 is 5.32 Å². The van der Waals surface area contributed by atoms with Gasteiger partial charge in [0.05, 0.1) is 92.1 Å². The van der Waals surface area contributed by atoms with Crippen LogP contribution in [0.15, 0.2) is 0 Å². The van der Waals surface area contributed by atoms with Gasteiger partial charge in [-0.3, -0.25) is 9.59 Å². The van der Waals surface area contributed by atoms with E-state index in [-0.39, 0.29) is 24.8 Å². The number of carbonyl (C=O) groups is 2. The Hall–Kier alpha value is -1.34. The first-order chi connectivity index (χ1) is 17.5. The third-order valence-corrected chi connectivity index (χ3v) is 4.08. The predicted octanol–water partition coefficient (Wildman–Crippen LogP) is 2.14. The van der Waals surface area contributed by atoms with Crippen molar-refractivity contribution < 1.29 is 47.5 Å². The van der Waals surface area contributed by atoms with Crippen LogP contribution in [0.25, 0.3) is 0 Å². The highest BCUT2D eigenvalue weighted by Crippen LogP contribution is 2.08. The lowest BCUT2D eigenvalue weighted by molar-refractivity contribution is -0.157. The van der Waals surface area contributed by atoms with Crippen LogP contribution in [0.1, 0.15) is 54.4 Å². The topological polar surface area (TPSA) is 120 Å². The average molecular weight is 538 g/mol. The Morgan fingerprint density at radius 1 is 0.459 bits per heavy atom. The van der Waals surface area contributed by atoms with Gasteiger partial charge in [0.25, 0.3) is 0 Å². The lowest BCUT2D eigenvalue weighted by Crippen LogP contribution is -2.25. The summed E-state index contributed by atoms with van der Waals surface area (Å²) in [4.78, 5) is 23.1. The molecule has 0 aliphatic carbocycles. The molecule has 37 heavy (non-hydrogen) atoms. The molecule has 0 atom stereocenters. The van der Waals surface area contributed by atoms with Crippen molar-refractivity contribution in [2.75, 3.05) is 92.4 Å². The van der Waals surface area contributed by atoms with Gasteiger partial charge in [-0.1, -0.05) is 0 Å². The molecule has 0 aliphatic heterocycles. The molecule has 0 aromatic rings. The van der Waals surface area contributed by atoms with Gasteiger partial charge in [0.15, 0.2) is 0 Å². The molecule has 0 bridgehead atoms. The van der Waals surface area contributed by atoms with Crippen molar-refractivity contribution in [3.63, 3.8) is 0 Å². The fourth-order valence-corrected chi connectivity index (χ4v) is 2.59. The van der Waals surface area contributed by atoms with Gasteiger partial charge in [-0.05, 0) is 41.5 Å². The monoisotopic (exact) mass is 537 g/mol. The molecule has 1 N–H and O–H groups in total. The van der Waals surface area contributed by atoms with Crippen LogP contribution in [0.2, 0.25) is 0 Å². The molecule has 0 rings (SSSR count). The van der Waals surface area contributed by atoms with E-state index in [2.05, 4.69) is 5.32 Å². The zero-order chi connectivity index (χ0) is 27.8. The highest BCUT2D eigenvalue weighted by atomic mass is 16.6. The van der Waals surface area contributed by atoms with Crippen LogP contribution in [0, 0.1) is 0 Å². The van der Waals surface area contributed by atoms with E-state index >= 15 is 0 Å². The number of ether oxygens (including phenoxy) is 8. The summed E-state index contributed by atoms with van der Waals surface area (Å²) in [6.07, 6.45) is 0.478. The Kier molecular flexibility index (Phi) is 21.8. The Balaban J connectivity index is 3.18. The van der Waals surface area contributed by atoms with Crippen molar-refractivity contribution >= 4 is 11.9 Å². The molecule has 11 nitrogen and oxygen atoms in total. The van der Waals surface area contributed by atoms with E-state index in [1.807, 2.05) is 41.5 Å². The first-order valence-corrected chi connectivity index (χ1v) is 13.1. The molecule has 0 aromatic carbocycles. The van der Waals surface area contributed by atoms with Gasteiger partial charge in [0, 0.05) is 13.1 Å². The van der Waals surface area contributed by atoms with E-state index in [1.165, 1.54) is 0 Å². The second-order valence-electron chi connectivity index (χ2n) is 10.1. The number of esters is 2. The fourth-order valence-electron chi connectivity index (χ4n) is 2.59. The van der Waals surface area contributed by atoms with E-state index in [9.17, 15) is 9.59 Å². The molecule has 0 saturated carbocycles. The van der Waals surface area contributed by atoms with Crippen LogP contribution in [0.3, 0.4) is 0 Å². The quantitative estimate of drug-likeness (QED) is 0.144. The number of rotatable bonds is 24. The minimum absolute atomic E-state index is 0.235. The lowest BCUT2D eigenvalue weighted by atomic mass is 10.2. The van der Waals surface area contributed by atoms with Crippen LogP contribution in [-0.4, -0.2) is 116 Å². The van der Waals surface area contributed by atoms with Gasteiger partial charge < -0.3 is 43.2 Å². The third kappa shape index (κ3) is 30.8. The first-order valence-electron chi connectivity index (χ1n) is 13.1. The van der Waals surface area contributed by atoms with E-state index < -0.39 is 11.2 Å². The normalized spacial score (nSPS) is 12.1. The smallest absolute Gasteiger partial charge is 0.308 e. The van der Waals surface area contributed by atoms with Crippen molar-refractivity contribution in [1.82, 2.24) is 5.32 Å². The summed E-state index contributed by atoms with van der Waals surface area (Å²) < 4.78 is 42.9. The van der Waals surface area contributed by atoms with Crippen molar-refractivity contribution in [1.29, 1.82) is 0 Å². The van der Waals surface area contributed by atoms with Crippen LogP contribution in [0.4, 0.5) is 0 Å².